The van der Waals surface area contributed by atoms with Crippen LogP contribution in [-0.2, 0) is 0 Å². The highest BCUT2D eigenvalue weighted by molar-refractivity contribution is 9.10. The average Bonchev–Trinajstić information content (AvgIpc) is 2.40. The Morgan fingerprint density at radius 3 is 2.47 bits per heavy atom. The van der Waals surface area contributed by atoms with Gasteiger partial charge in [0, 0.05) is 15.4 Å². The zero-order valence-corrected chi connectivity index (χ0v) is 11.9. The molecule has 19 heavy (non-hydrogen) atoms. The summed E-state index contributed by atoms with van der Waals surface area (Å²) in [7, 11) is 0. The second kappa shape index (κ2) is 4.87. The van der Waals surface area contributed by atoms with Crippen LogP contribution in [0.3, 0.4) is 0 Å². The van der Waals surface area contributed by atoms with E-state index in [2.05, 4.69) is 25.9 Å². The Balaban J connectivity index is 2.20. The second-order valence-electron chi connectivity index (χ2n) is 4.01. The van der Waals surface area contributed by atoms with Crippen LogP contribution < -0.4 is 0 Å². The number of benzene rings is 2. The standard InChI is InChI=1S/C14H7BrClFN2/c15-9-3-6-12-11(7-9)13(16)19-14(18-12)8-1-4-10(17)5-2-8/h1-7H. The van der Waals surface area contributed by atoms with Gasteiger partial charge in [0.15, 0.2) is 5.82 Å². The molecule has 0 amide bonds. The molecule has 0 saturated carbocycles. The molecule has 3 rings (SSSR count). The smallest absolute Gasteiger partial charge is 0.161 e. The van der Waals surface area contributed by atoms with E-state index in [1.807, 2.05) is 18.2 Å². The molecule has 0 N–H and O–H groups in total. The lowest BCUT2D eigenvalue weighted by atomic mass is 10.2. The average molecular weight is 338 g/mol. The summed E-state index contributed by atoms with van der Waals surface area (Å²) < 4.78 is 13.8. The molecule has 1 aromatic heterocycles. The van der Waals surface area contributed by atoms with E-state index in [0.29, 0.717) is 11.0 Å². The molecule has 0 bridgehead atoms. The molecule has 0 saturated heterocycles. The SMILES string of the molecule is Fc1ccc(-c2nc(Cl)c3cc(Br)ccc3n2)cc1. The van der Waals surface area contributed by atoms with E-state index in [9.17, 15) is 4.39 Å². The number of hydrogen-bond donors (Lipinski definition) is 0. The minimum Gasteiger partial charge on any atom is -0.228 e. The number of fused-ring (bicyclic) bond motifs is 1. The molecule has 0 atom stereocenters. The number of hydrogen-bond acceptors (Lipinski definition) is 2. The topological polar surface area (TPSA) is 25.8 Å². The molecule has 94 valence electrons. The van der Waals surface area contributed by atoms with Gasteiger partial charge in [-0.1, -0.05) is 27.5 Å². The molecule has 0 spiro atoms. The maximum Gasteiger partial charge on any atom is 0.161 e. The van der Waals surface area contributed by atoms with Crippen LogP contribution in [0.1, 0.15) is 0 Å². The molecule has 0 aliphatic heterocycles. The van der Waals surface area contributed by atoms with Crippen molar-refractivity contribution in [1.82, 2.24) is 9.97 Å². The van der Waals surface area contributed by atoms with E-state index in [0.717, 1.165) is 20.9 Å². The molecule has 0 radical (unpaired) electrons. The Kier molecular flexibility index (Phi) is 3.21. The Morgan fingerprint density at radius 1 is 1.00 bits per heavy atom. The first-order chi connectivity index (χ1) is 9.13. The van der Waals surface area contributed by atoms with Crippen molar-refractivity contribution in [3.05, 3.63) is 57.9 Å². The van der Waals surface area contributed by atoms with Crippen LogP contribution in [0.15, 0.2) is 46.9 Å². The molecule has 2 aromatic carbocycles. The van der Waals surface area contributed by atoms with Crippen LogP contribution in [0.2, 0.25) is 5.15 Å². The molecule has 5 heteroatoms. The van der Waals surface area contributed by atoms with Gasteiger partial charge in [0.2, 0.25) is 0 Å². The van der Waals surface area contributed by atoms with E-state index >= 15 is 0 Å². The van der Waals surface area contributed by atoms with Gasteiger partial charge in [-0.05, 0) is 42.5 Å². The zero-order chi connectivity index (χ0) is 13.4. The van der Waals surface area contributed by atoms with Gasteiger partial charge in [0.05, 0.1) is 5.52 Å². The summed E-state index contributed by atoms with van der Waals surface area (Å²) in [5.41, 5.74) is 1.48. The van der Waals surface area contributed by atoms with Crippen LogP contribution in [0.5, 0.6) is 0 Å². The predicted octanol–water partition coefficient (Wildman–Crippen LogP) is 4.85. The predicted molar refractivity (Wildman–Crippen MR) is 77.6 cm³/mol. The minimum absolute atomic E-state index is 0.292. The van der Waals surface area contributed by atoms with Gasteiger partial charge in [0.1, 0.15) is 11.0 Å². The van der Waals surface area contributed by atoms with Crippen LogP contribution in [0.25, 0.3) is 22.3 Å². The molecule has 0 unspecified atom stereocenters. The Labute approximate surface area is 122 Å². The van der Waals surface area contributed by atoms with Crippen LogP contribution in [-0.4, -0.2) is 9.97 Å². The van der Waals surface area contributed by atoms with Gasteiger partial charge >= 0.3 is 0 Å². The van der Waals surface area contributed by atoms with E-state index in [1.165, 1.54) is 12.1 Å². The Morgan fingerprint density at radius 2 is 1.74 bits per heavy atom. The first-order valence-corrected chi connectivity index (χ1v) is 6.69. The fourth-order valence-corrected chi connectivity index (χ4v) is 2.38. The van der Waals surface area contributed by atoms with Crippen LogP contribution in [0, 0.1) is 5.82 Å². The second-order valence-corrected chi connectivity index (χ2v) is 5.28. The summed E-state index contributed by atoms with van der Waals surface area (Å²) in [5, 5.41) is 1.16. The quantitative estimate of drug-likeness (QED) is 0.593. The van der Waals surface area contributed by atoms with Crippen molar-refractivity contribution in [3.63, 3.8) is 0 Å². The molecular weight excluding hydrogens is 331 g/mol. The summed E-state index contributed by atoms with van der Waals surface area (Å²) in [5.74, 6) is 0.194. The molecule has 3 aromatic rings. The van der Waals surface area contributed by atoms with Crippen molar-refractivity contribution in [2.24, 2.45) is 0 Å². The van der Waals surface area contributed by atoms with Gasteiger partial charge < -0.3 is 0 Å². The third kappa shape index (κ3) is 2.46. The molecule has 1 heterocycles. The first-order valence-electron chi connectivity index (χ1n) is 5.52. The van der Waals surface area contributed by atoms with E-state index in [-0.39, 0.29) is 5.82 Å². The fraction of sp³-hybridized carbons (Fsp3) is 0. The van der Waals surface area contributed by atoms with Gasteiger partial charge in [-0.3, -0.25) is 0 Å². The van der Waals surface area contributed by atoms with Gasteiger partial charge in [-0.15, -0.1) is 0 Å². The minimum atomic E-state index is -0.292. The highest BCUT2D eigenvalue weighted by Crippen LogP contribution is 2.27. The lowest BCUT2D eigenvalue weighted by molar-refractivity contribution is 0.628. The number of rotatable bonds is 1. The molecule has 0 aliphatic carbocycles. The third-order valence-electron chi connectivity index (χ3n) is 2.71. The number of halogens is 3. The first kappa shape index (κ1) is 12.5. The third-order valence-corrected chi connectivity index (χ3v) is 3.50. The van der Waals surface area contributed by atoms with Crippen molar-refractivity contribution in [2.75, 3.05) is 0 Å². The lowest BCUT2D eigenvalue weighted by Crippen LogP contribution is -1.92. The van der Waals surface area contributed by atoms with Crippen molar-refractivity contribution in [3.8, 4) is 11.4 Å². The van der Waals surface area contributed by atoms with E-state index in [4.69, 9.17) is 11.6 Å². The fourth-order valence-electron chi connectivity index (χ4n) is 1.79. The highest BCUT2D eigenvalue weighted by Gasteiger charge is 2.08. The summed E-state index contributed by atoms with van der Waals surface area (Å²) in [4.78, 5) is 8.69. The molecular formula is C14H7BrClFN2. The zero-order valence-electron chi connectivity index (χ0n) is 9.57. The number of nitrogens with zero attached hydrogens (tertiary/aromatic N) is 2. The lowest BCUT2D eigenvalue weighted by Gasteiger charge is -2.05. The van der Waals surface area contributed by atoms with E-state index < -0.39 is 0 Å². The van der Waals surface area contributed by atoms with Crippen molar-refractivity contribution >= 4 is 38.4 Å². The monoisotopic (exact) mass is 336 g/mol. The van der Waals surface area contributed by atoms with E-state index in [1.54, 1.807) is 12.1 Å². The molecule has 0 fully saturated rings. The van der Waals surface area contributed by atoms with Crippen LogP contribution in [0.4, 0.5) is 4.39 Å². The summed E-state index contributed by atoms with van der Waals surface area (Å²) >= 11 is 9.55. The molecule has 0 aliphatic rings. The maximum atomic E-state index is 12.9. The summed E-state index contributed by atoms with van der Waals surface area (Å²) in [6.45, 7) is 0. The Bertz CT molecular complexity index is 759. The molecule has 2 nitrogen and oxygen atoms in total. The van der Waals surface area contributed by atoms with Crippen LogP contribution >= 0.6 is 27.5 Å². The summed E-state index contributed by atoms with van der Waals surface area (Å²) in [6.07, 6.45) is 0. The van der Waals surface area contributed by atoms with Crippen molar-refractivity contribution in [2.45, 2.75) is 0 Å². The van der Waals surface area contributed by atoms with Gasteiger partial charge in [0.25, 0.3) is 0 Å². The number of aromatic nitrogens is 2. The van der Waals surface area contributed by atoms with Gasteiger partial charge in [-0.2, -0.15) is 0 Å². The van der Waals surface area contributed by atoms with Crippen molar-refractivity contribution in [1.29, 1.82) is 0 Å². The highest BCUT2D eigenvalue weighted by atomic mass is 79.9. The van der Waals surface area contributed by atoms with Crippen molar-refractivity contribution < 1.29 is 4.39 Å². The normalized spacial score (nSPS) is 10.9. The maximum absolute atomic E-state index is 12.9. The van der Waals surface area contributed by atoms with Gasteiger partial charge in [-0.25, -0.2) is 14.4 Å². The largest absolute Gasteiger partial charge is 0.228 e. The Hall–Kier alpha value is -1.52. The summed E-state index contributed by atoms with van der Waals surface area (Å²) in [6, 6.07) is 11.6.